The number of rotatable bonds is 6. The quantitative estimate of drug-likeness (QED) is 0.794. The number of nitrogens with one attached hydrogen (secondary N) is 1. The summed E-state index contributed by atoms with van der Waals surface area (Å²) >= 11 is 0. The number of amides is 1. The Hall–Kier alpha value is -1.80. The molecule has 21 heavy (non-hydrogen) atoms. The third-order valence-electron chi connectivity index (χ3n) is 3.26. The second kappa shape index (κ2) is 5.90. The molecule has 1 saturated carbocycles. The van der Waals surface area contributed by atoms with E-state index in [0.29, 0.717) is 12.5 Å². The van der Waals surface area contributed by atoms with Crippen molar-refractivity contribution in [1.82, 2.24) is 5.32 Å². The van der Waals surface area contributed by atoms with Gasteiger partial charge in [-0.05, 0) is 30.9 Å². The molecule has 0 saturated heterocycles. The molecular weight excluding hydrogens is 296 g/mol. The monoisotopic (exact) mass is 314 g/mol. The Morgan fingerprint density at radius 3 is 2.48 bits per heavy atom. The Kier molecular flexibility index (Phi) is 4.38. The molecule has 116 valence electrons. The predicted molar refractivity (Wildman–Crippen MR) is 76.0 cm³/mol. The second-order valence-corrected chi connectivity index (χ2v) is 6.44. The first-order chi connectivity index (χ1) is 9.86. The van der Waals surface area contributed by atoms with Gasteiger partial charge in [-0.2, -0.15) is 0 Å². The van der Waals surface area contributed by atoms with Crippen LogP contribution in [0.5, 0.6) is 11.5 Å². The number of carbonyl (C=O) groups is 1. The van der Waals surface area contributed by atoms with Gasteiger partial charge < -0.3 is 14.8 Å². The van der Waals surface area contributed by atoms with Crippen molar-refractivity contribution in [2.24, 2.45) is 11.1 Å². The molecule has 2 rings (SSSR count). The molecular formula is C13H18N2O5S. The Morgan fingerprint density at radius 1 is 1.33 bits per heavy atom. The maximum atomic E-state index is 12.1. The first-order valence-corrected chi connectivity index (χ1v) is 7.98. The number of carbonyl (C=O) groups excluding carboxylic acids is 1. The second-order valence-electron chi connectivity index (χ2n) is 4.91. The minimum atomic E-state index is -4.04. The van der Waals surface area contributed by atoms with Crippen molar-refractivity contribution >= 4 is 15.9 Å². The Balaban J connectivity index is 2.39. The van der Waals surface area contributed by atoms with Gasteiger partial charge >= 0.3 is 0 Å². The van der Waals surface area contributed by atoms with Gasteiger partial charge in [-0.15, -0.1) is 0 Å². The SMILES string of the molecule is COc1cc(C(=O)NCC2CC2)cc(S(N)(=O)=O)c1OC. The highest BCUT2D eigenvalue weighted by Gasteiger charge is 2.25. The van der Waals surface area contributed by atoms with Crippen LogP contribution in [0.1, 0.15) is 23.2 Å². The van der Waals surface area contributed by atoms with E-state index in [4.69, 9.17) is 14.6 Å². The Labute approximate surface area is 123 Å². The van der Waals surface area contributed by atoms with Crippen molar-refractivity contribution in [3.8, 4) is 11.5 Å². The van der Waals surface area contributed by atoms with E-state index in [2.05, 4.69) is 5.32 Å². The van der Waals surface area contributed by atoms with E-state index < -0.39 is 10.0 Å². The number of methoxy groups -OCH3 is 2. The molecule has 0 bridgehead atoms. The molecule has 1 aromatic rings. The van der Waals surface area contributed by atoms with Gasteiger partial charge in [-0.25, -0.2) is 13.6 Å². The molecule has 0 atom stereocenters. The van der Waals surface area contributed by atoms with E-state index >= 15 is 0 Å². The molecule has 1 aliphatic rings. The first-order valence-electron chi connectivity index (χ1n) is 6.44. The minimum Gasteiger partial charge on any atom is -0.493 e. The van der Waals surface area contributed by atoms with Crippen LogP contribution in [0.4, 0.5) is 0 Å². The highest BCUT2D eigenvalue weighted by atomic mass is 32.2. The van der Waals surface area contributed by atoms with Crippen LogP contribution in [-0.4, -0.2) is 35.1 Å². The lowest BCUT2D eigenvalue weighted by atomic mass is 10.2. The predicted octanol–water partition coefficient (Wildman–Crippen LogP) is 0.491. The van der Waals surface area contributed by atoms with Crippen LogP contribution in [0.3, 0.4) is 0 Å². The zero-order chi connectivity index (χ0) is 15.6. The summed E-state index contributed by atoms with van der Waals surface area (Å²) in [6, 6.07) is 2.62. The van der Waals surface area contributed by atoms with Gasteiger partial charge in [0, 0.05) is 12.1 Å². The zero-order valence-electron chi connectivity index (χ0n) is 11.9. The van der Waals surface area contributed by atoms with Gasteiger partial charge in [-0.3, -0.25) is 4.79 Å². The van der Waals surface area contributed by atoms with Gasteiger partial charge in [0.25, 0.3) is 5.91 Å². The van der Waals surface area contributed by atoms with Crippen molar-refractivity contribution < 1.29 is 22.7 Å². The molecule has 3 N–H and O–H groups in total. The smallest absolute Gasteiger partial charge is 0.251 e. The molecule has 0 aromatic heterocycles. The van der Waals surface area contributed by atoms with Gasteiger partial charge in [-0.1, -0.05) is 0 Å². The summed E-state index contributed by atoms with van der Waals surface area (Å²) in [6.07, 6.45) is 2.21. The first kappa shape index (κ1) is 15.6. The van der Waals surface area contributed by atoms with Gasteiger partial charge in [0.05, 0.1) is 14.2 Å². The van der Waals surface area contributed by atoms with E-state index in [-0.39, 0.29) is 27.9 Å². The highest BCUT2D eigenvalue weighted by Crippen LogP contribution is 2.35. The van der Waals surface area contributed by atoms with Gasteiger partial charge in [0.1, 0.15) is 4.90 Å². The normalized spacial score (nSPS) is 14.6. The van der Waals surface area contributed by atoms with E-state index in [1.54, 1.807) is 0 Å². The third kappa shape index (κ3) is 3.64. The maximum Gasteiger partial charge on any atom is 0.251 e. The number of benzene rings is 1. The Bertz CT molecular complexity index is 653. The fourth-order valence-corrected chi connectivity index (χ4v) is 2.67. The van der Waals surface area contributed by atoms with Crippen molar-refractivity contribution in [3.05, 3.63) is 17.7 Å². The lowest BCUT2D eigenvalue weighted by Gasteiger charge is -2.13. The molecule has 0 unspecified atom stereocenters. The summed E-state index contributed by atoms with van der Waals surface area (Å²) in [7, 11) is -1.38. The van der Waals surface area contributed by atoms with Crippen molar-refractivity contribution in [1.29, 1.82) is 0 Å². The van der Waals surface area contributed by atoms with Gasteiger partial charge in [0.2, 0.25) is 10.0 Å². The van der Waals surface area contributed by atoms with Crippen molar-refractivity contribution in [2.75, 3.05) is 20.8 Å². The maximum absolute atomic E-state index is 12.1. The van der Waals surface area contributed by atoms with Crippen LogP contribution in [0.25, 0.3) is 0 Å². The van der Waals surface area contributed by atoms with Crippen LogP contribution >= 0.6 is 0 Å². The summed E-state index contributed by atoms with van der Waals surface area (Å²) < 4.78 is 33.4. The van der Waals surface area contributed by atoms with Crippen LogP contribution in [0.15, 0.2) is 17.0 Å². The average Bonchev–Trinajstić information content (AvgIpc) is 3.26. The zero-order valence-corrected chi connectivity index (χ0v) is 12.7. The topological polar surface area (TPSA) is 108 Å². The van der Waals surface area contributed by atoms with Crippen LogP contribution in [0.2, 0.25) is 0 Å². The molecule has 8 heteroatoms. The summed E-state index contributed by atoms with van der Waals surface area (Å²) in [5.74, 6) is 0.277. The molecule has 0 heterocycles. The number of hydrogen-bond acceptors (Lipinski definition) is 5. The number of sulfonamides is 1. The Morgan fingerprint density at radius 2 is 2.00 bits per heavy atom. The van der Waals surface area contributed by atoms with Crippen LogP contribution in [-0.2, 0) is 10.0 Å². The molecule has 1 aliphatic carbocycles. The van der Waals surface area contributed by atoms with Crippen molar-refractivity contribution in [3.63, 3.8) is 0 Å². The number of hydrogen-bond donors (Lipinski definition) is 2. The van der Waals surface area contributed by atoms with E-state index in [1.807, 2.05) is 0 Å². The summed E-state index contributed by atoms with van der Waals surface area (Å²) in [5.41, 5.74) is 0.164. The number of nitrogens with two attached hydrogens (primary N) is 1. The number of ether oxygens (including phenoxy) is 2. The van der Waals surface area contributed by atoms with Gasteiger partial charge in [0.15, 0.2) is 11.5 Å². The number of primary sulfonamides is 1. The summed E-state index contributed by atoms with van der Waals surface area (Å²) in [5, 5.41) is 7.92. The molecule has 1 fully saturated rings. The van der Waals surface area contributed by atoms with E-state index in [0.717, 1.165) is 12.8 Å². The summed E-state index contributed by atoms with van der Waals surface area (Å²) in [4.78, 5) is 11.8. The molecule has 0 spiro atoms. The molecule has 1 amide bonds. The van der Waals surface area contributed by atoms with E-state index in [9.17, 15) is 13.2 Å². The lowest BCUT2D eigenvalue weighted by molar-refractivity contribution is 0.0951. The van der Waals surface area contributed by atoms with Crippen LogP contribution < -0.4 is 19.9 Å². The lowest BCUT2D eigenvalue weighted by Crippen LogP contribution is -2.26. The fourth-order valence-electron chi connectivity index (χ4n) is 1.93. The fraction of sp³-hybridized carbons (Fsp3) is 0.462. The van der Waals surface area contributed by atoms with Crippen molar-refractivity contribution in [2.45, 2.75) is 17.7 Å². The molecule has 7 nitrogen and oxygen atoms in total. The third-order valence-corrected chi connectivity index (χ3v) is 4.18. The summed E-state index contributed by atoms with van der Waals surface area (Å²) in [6.45, 7) is 0.581. The van der Waals surface area contributed by atoms with Crippen LogP contribution in [0, 0.1) is 5.92 Å². The molecule has 1 aromatic carbocycles. The standard InChI is InChI=1S/C13H18N2O5S/c1-19-10-5-9(13(16)15-7-8-3-4-8)6-11(12(10)20-2)21(14,17)18/h5-6,8H,3-4,7H2,1-2H3,(H,15,16)(H2,14,17,18). The highest BCUT2D eigenvalue weighted by molar-refractivity contribution is 7.89. The molecule has 0 radical (unpaired) electrons. The largest absolute Gasteiger partial charge is 0.493 e. The average molecular weight is 314 g/mol. The van der Waals surface area contributed by atoms with E-state index in [1.165, 1.54) is 26.4 Å². The molecule has 0 aliphatic heterocycles. The minimum absolute atomic E-state index is 0.0151.